The molecule has 0 heterocycles. The number of aliphatic hydroxyl groups excluding tert-OH is 1. The summed E-state index contributed by atoms with van der Waals surface area (Å²) in [5.41, 5.74) is 1.28. The molecule has 1 atom stereocenters. The third-order valence-electron chi connectivity index (χ3n) is 4.49. The third-order valence-corrected chi connectivity index (χ3v) is 4.49. The summed E-state index contributed by atoms with van der Waals surface area (Å²) in [6.07, 6.45) is 6.67. The van der Waals surface area contributed by atoms with Crippen molar-refractivity contribution < 1.29 is 9.84 Å². The van der Waals surface area contributed by atoms with E-state index in [1.54, 1.807) is 7.11 Å². The fourth-order valence-corrected chi connectivity index (χ4v) is 3.01. The molecule has 0 amide bonds. The standard InChI is InChI=1S/C17H26O2/c1-13-3-8-15(9-4-13)17(18)12-7-14-5-10-16(19-2)11-6-14/h5-6,10-11,13,15,17-18H,3-4,7-9,12H2,1-2H3. The molecule has 0 aromatic heterocycles. The SMILES string of the molecule is COc1ccc(CCC(O)C2CCC(C)CC2)cc1. The van der Waals surface area contributed by atoms with Gasteiger partial charge < -0.3 is 9.84 Å². The number of hydrogen-bond acceptors (Lipinski definition) is 2. The second-order valence-electron chi connectivity index (χ2n) is 5.97. The summed E-state index contributed by atoms with van der Waals surface area (Å²) in [7, 11) is 1.68. The molecule has 0 saturated heterocycles. The molecule has 1 aromatic rings. The Kier molecular flexibility index (Phi) is 5.26. The van der Waals surface area contributed by atoms with Crippen molar-refractivity contribution in [3.63, 3.8) is 0 Å². The van der Waals surface area contributed by atoms with Crippen molar-refractivity contribution in [1.82, 2.24) is 0 Å². The fourth-order valence-electron chi connectivity index (χ4n) is 3.01. The maximum atomic E-state index is 10.3. The summed E-state index contributed by atoms with van der Waals surface area (Å²) in [6.45, 7) is 2.32. The Morgan fingerprint density at radius 3 is 2.37 bits per heavy atom. The Balaban J connectivity index is 1.77. The van der Waals surface area contributed by atoms with Gasteiger partial charge in [-0.3, -0.25) is 0 Å². The molecule has 2 heteroatoms. The smallest absolute Gasteiger partial charge is 0.118 e. The van der Waals surface area contributed by atoms with Crippen LogP contribution in [0.4, 0.5) is 0 Å². The molecule has 106 valence electrons. The van der Waals surface area contributed by atoms with Gasteiger partial charge in [-0.15, -0.1) is 0 Å². The van der Waals surface area contributed by atoms with Crippen molar-refractivity contribution >= 4 is 0 Å². The van der Waals surface area contributed by atoms with Crippen LogP contribution in [0.15, 0.2) is 24.3 Å². The molecule has 1 aliphatic carbocycles. The molecule has 0 bridgehead atoms. The first-order valence-corrected chi connectivity index (χ1v) is 7.50. The highest BCUT2D eigenvalue weighted by molar-refractivity contribution is 5.27. The minimum atomic E-state index is -0.130. The van der Waals surface area contributed by atoms with Gasteiger partial charge in [-0.2, -0.15) is 0 Å². The average Bonchev–Trinajstić information content (AvgIpc) is 2.46. The zero-order valence-corrected chi connectivity index (χ0v) is 12.1. The summed E-state index contributed by atoms with van der Waals surface area (Å²) in [4.78, 5) is 0. The topological polar surface area (TPSA) is 29.5 Å². The van der Waals surface area contributed by atoms with Crippen LogP contribution in [-0.2, 0) is 6.42 Å². The highest BCUT2D eigenvalue weighted by Gasteiger charge is 2.24. The largest absolute Gasteiger partial charge is 0.497 e. The highest BCUT2D eigenvalue weighted by atomic mass is 16.5. The summed E-state index contributed by atoms with van der Waals surface area (Å²) in [6, 6.07) is 8.16. The molecule has 1 aromatic carbocycles. The predicted molar refractivity (Wildman–Crippen MR) is 78.4 cm³/mol. The lowest BCUT2D eigenvalue weighted by Gasteiger charge is -2.29. The van der Waals surface area contributed by atoms with E-state index in [1.165, 1.54) is 31.2 Å². The maximum absolute atomic E-state index is 10.3. The van der Waals surface area contributed by atoms with Gasteiger partial charge >= 0.3 is 0 Å². The first-order chi connectivity index (χ1) is 9.19. The van der Waals surface area contributed by atoms with Crippen molar-refractivity contribution in [1.29, 1.82) is 0 Å². The van der Waals surface area contributed by atoms with Gasteiger partial charge in [0.25, 0.3) is 0 Å². The normalized spacial score (nSPS) is 25.0. The van der Waals surface area contributed by atoms with E-state index < -0.39 is 0 Å². The molecule has 1 fully saturated rings. The minimum absolute atomic E-state index is 0.130. The van der Waals surface area contributed by atoms with Gasteiger partial charge in [-0.1, -0.05) is 31.9 Å². The van der Waals surface area contributed by atoms with E-state index in [-0.39, 0.29) is 6.10 Å². The zero-order valence-electron chi connectivity index (χ0n) is 12.1. The van der Waals surface area contributed by atoms with E-state index in [9.17, 15) is 5.11 Å². The highest BCUT2D eigenvalue weighted by Crippen LogP contribution is 2.31. The maximum Gasteiger partial charge on any atom is 0.118 e. The van der Waals surface area contributed by atoms with Crippen LogP contribution in [0.3, 0.4) is 0 Å². The van der Waals surface area contributed by atoms with E-state index >= 15 is 0 Å². The van der Waals surface area contributed by atoms with Crippen LogP contribution >= 0.6 is 0 Å². The second kappa shape index (κ2) is 6.95. The van der Waals surface area contributed by atoms with E-state index in [4.69, 9.17) is 4.74 Å². The molecule has 2 nitrogen and oxygen atoms in total. The van der Waals surface area contributed by atoms with E-state index in [1.807, 2.05) is 12.1 Å². The molecule has 0 radical (unpaired) electrons. The lowest BCUT2D eigenvalue weighted by atomic mass is 9.79. The lowest BCUT2D eigenvalue weighted by Crippen LogP contribution is -2.25. The van der Waals surface area contributed by atoms with Gasteiger partial charge in [0.2, 0.25) is 0 Å². The van der Waals surface area contributed by atoms with Crippen molar-refractivity contribution in [2.75, 3.05) is 7.11 Å². The molecule has 1 saturated carbocycles. The molecule has 19 heavy (non-hydrogen) atoms. The van der Waals surface area contributed by atoms with E-state index in [0.29, 0.717) is 5.92 Å². The van der Waals surface area contributed by atoms with Crippen LogP contribution in [0.2, 0.25) is 0 Å². The van der Waals surface area contributed by atoms with Gasteiger partial charge in [0.05, 0.1) is 13.2 Å². The first kappa shape index (κ1) is 14.4. The molecule has 2 rings (SSSR count). The Labute approximate surface area is 116 Å². The van der Waals surface area contributed by atoms with Gasteiger partial charge in [-0.25, -0.2) is 0 Å². The third kappa shape index (κ3) is 4.24. The van der Waals surface area contributed by atoms with Crippen molar-refractivity contribution in [3.05, 3.63) is 29.8 Å². The number of ether oxygens (including phenoxy) is 1. The lowest BCUT2D eigenvalue weighted by molar-refractivity contribution is 0.0690. The number of benzene rings is 1. The first-order valence-electron chi connectivity index (χ1n) is 7.50. The van der Waals surface area contributed by atoms with Crippen LogP contribution in [0.5, 0.6) is 5.75 Å². The van der Waals surface area contributed by atoms with Crippen LogP contribution in [0, 0.1) is 11.8 Å². The average molecular weight is 262 g/mol. The van der Waals surface area contributed by atoms with Crippen LogP contribution in [-0.4, -0.2) is 18.3 Å². The minimum Gasteiger partial charge on any atom is -0.497 e. The Morgan fingerprint density at radius 2 is 1.79 bits per heavy atom. The van der Waals surface area contributed by atoms with E-state index in [0.717, 1.165) is 24.5 Å². The molecule has 1 aliphatic rings. The molecule has 1 unspecified atom stereocenters. The predicted octanol–water partition coefficient (Wildman–Crippen LogP) is 3.82. The summed E-state index contributed by atoms with van der Waals surface area (Å²) < 4.78 is 5.15. The van der Waals surface area contributed by atoms with Crippen molar-refractivity contribution in [2.45, 2.75) is 51.6 Å². The van der Waals surface area contributed by atoms with Gasteiger partial charge in [0.1, 0.15) is 5.75 Å². The summed E-state index contributed by atoms with van der Waals surface area (Å²) in [5.74, 6) is 2.27. The van der Waals surface area contributed by atoms with Gasteiger partial charge in [0.15, 0.2) is 0 Å². The van der Waals surface area contributed by atoms with Gasteiger partial charge in [0, 0.05) is 0 Å². The number of hydrogen-bond donors (Lipinski definition) is 1. The fraction of sp³-hybridized carbons (Fsp3) is 0.647. The number of aliphatic hydroxyl groups is 1. The van der Waals surface area contributed by atoms with Gasteiger partial charge in [-0.05, 0) is 55.2 Å². The molecule has 0 spiro atoms. The van der Waals surface area contributed by atoms with Crippen molar-refractivity contribution in [2.24, 2.45) is 11.8 Å². The molecule has 0 aliphatic heterocycles. The zero-order chi connectivity index (χ0) is 13.7. The quantitative estimate of drug-likeness (QED) is 0.874. The number of aryl methyl sites for hydroxylation is 1. The summed E-state index contributed by atoms with van der Waals surface area (Å²) >= 11 is 0. The Hall–Kier alpha value is -1.02. The number of methoxy groups -OCH3 is 1. The number of rotatable bonds is 5. The Morgan fingerprint density at radius 1 is 1.16 bits per heavy atom. The second-order valence-corrected chi connectivity index (χ2v) is 5.97. The Bertz CT molecular complexity index is 363. The van der Waals surface area contributed by atoms with E-state index in [2.05, 4.69) is 19.1 Å². The molecular formula is C17H26O2. The monoisotopic (exact) mass is 262 g/mol. The molecule has 1 N–H and O–H groups in total. The van der Waals surface area contributed by atoms with Crippen LogP contribution < -0.4 is 4.74 Å². The molecular weight excluding hydrogens is 236 g/mol. The van der Waals surface area contributed by atoms with Crippen LogP contribution in [0.25, 0.3) is 0 Å². The van der Waals surface area contributed by atoms with Crippen LogP contribution in [0.1, 0.15) is 44.6 Å². The summed E-state index contributed by atoms with van der Waals surface area (Å²) in [5, 5.41) is 10.3. The van der Waals surface area contributed by atoms with Crippen molar-refractivity contribution in [3.8, 4) is 5.75 Å².